The molecule has 0 bridgehead atoms. The van der Waals surface area contributed by atoms with E-state index in [2.05, 4.69) is 16.8 Å². The largest absolute Gasteiger partial charge is 1.00 e. The van der Waals surface area contributed by atoms with E-state index < -0.39 is 6.10 Å². The van der Waals surface area contributed by atoms with E-state index in [1.807, 2.05) is 30.3 Å². The van der Waals surface area contributed by atoms with Crippen LogP contribution in [0.15, 0.2) is 30.3 Å². The Bertz CT molecular complexity index is 360. The molecule has 1 aliphatic rings. The molecule has 0 spiro atoms. The van der Waals surface area contributed by atoms with Crippen LogP contribution >= 0.6 is 0 Å². The van der Waals surface area contributed by atoms with Gasteiger partial charge in [-0.3, -0.25) is 4.90 Å². The molecule has 122 valence electrons. The minimum absolute atomic E-state index is 0. The van der Waals surface area contributed by atoms with Gasteiger partial charge in [0.25, 0.3) is 0 Å². The summed E-state index contributed by atoms with van der Waals surface area (Å²) in [4.78, 5) is 4.62. The van der Waals surface area contributed by atoms with Crippen molar-refractivity contribution >= 4 is 0 Å². The Morgan fingerprint density at radius 1 is 1.10 bits per heavy atom. The first-order valence-corrected chi connectivity index (χ1v) is 6.94. The number of nitrogens with zero attached hydrogens (tertiary/aromatic N) is 2. The standard InChI is InChI=1S/C15H24N2O2.2ClH/c1-16-7-9-17(10-8-16)11-15(18)13-19-12-14-5-3-2-4-6-14;;/h2-6,15,18H,7-13H2,1H3;2*1H/p-2. The quantitative estimate of drug-likeness (QED) is 0.564. The zero-order valence-corrected chi connectivity index (χ0v) is 13.9. The third kappa shape index (κ3) is 8.00. The van der Waals surface area contributed by atoms with Gasteiger partial charge in [-0.05, 0) is 12.6 Å². The number of benzene rings is 1. The van der Waals surface area contributed by atoms with Crippen LogP contribution < -0.4 is 24.8 Å². The zero-order valence-electron chi connectivity index (χ0n) is 12.4. The van der Waals surface area contributed by atoms with Gasteiger partial charge in [-0.2, -0.15) is 0 Å². The van der Waals surface area contributed by atoms with Crippen LogP contribution in [0, 0.1) is 0 Å². The fourth-order valence-corrected chi connectivity index (χ4v) is 2.27. The Morgan fingerprint density at radius 3 is 2.33 bits per heavy atom. The van der Waals surface area contributed by atoms with Crippen LogP contribution in [0.2, 0.25) is 0 Å². The van der Waals surface area contributed by atoms with Gasteiger partial charge < -0.3 is 39.6 Å². The molecule has 1 atom stereocenters. The van der Waals surface area contributed by atoms with Crippen LogP contribution in [0.1, 0.15) is 5.56 Å². The molecule has 2 rings (SSSR count). The van der Waals surface area contributed by atoms with Crippen LogP contribution in [0.3, 0.4) is 0 Å². The molecule has 6 heteroatoms. The number of halogens is 2. The van der Waals surface area contributed by atoms with Crippen molar-refractivity contribution in [3.8, 4) is 0 Å². The van der Waals surface area contributed by atoms with E-state index in [1.165, 1.54) is 0 Å². The fraction of sp³-hybridized carbons (Fsp3) is 0.600. The van der Waals surface area contributed by atoms with Crippen molar-refractivity contribution < 1.29 is 34.7 Å². The van der Waals surface area contributed by atoms with Gasteiger partial charge in [0, 0.05) is 32.7 Å². The van der Waals surface area contributed by atoms with E-state index in [0.29, 0.717) is 19.8 Å². The Balaban J connectivity index is 0.00000200. The SMILES string of the molecule is CN1CCN(CC(O)COCc2ccccc2)CC1.[Cl-].[Cl-]. The molecule has 0 aromatic heterocycles. The number of ether oxygens (including phenoxy) is 1. The highest BCUT2D eigenvalue weighted by molar-refractivity contribution is 5.13. The molecule has 0 amide bonds. The summed E-state index contributed by atoms with van der Waals surface area (Å²) >= 11 is 0. The summed E-state index contributed by atoms with van der Waals surface area (Å²) in [6, 6.07) is 10.1. The number of likely N-dealkylation sites (N-methyl/N-ethyl adjacent to an activating group) is 1. The molecule has 1 aromatic carbocycles. The van der Waals surface area contributed by atoms with Gasteiger partial charge in [-0.15, -0.1) is 0 Å². The number of aliphatic hydroxyl groups excluding tert-OH is 1. The number of rotatable bonds is 6. The lowest BCUT2D eigenvalue weighted by atomic mass is 10.2. The summed E-state index contributed by atoms with van der Waals surface area (Å²) < 4.78 is 5.56. The van der Waals surface area contributed by atoms with Gasteiger partial charge in [-0.1, -0.05) is 30.3 Å². The monoisotopic (exact) mass is 334 g/mol. The molecule has 1 heterocycles. The minimum atomic E-state index is -0.396. The molecular formula is C15H24Cl2N2O2-2. The second-order valence-corrected chi connectivity index (χ2v) is 5.26. The second kappa shape index (κ2) is 11.2. The van der Waals surface area contributed by atoms with Gasteiger partial charge in [0.1, 0.15) is 0 Å². The third-order valence-corrected chi connectivity index (χ3v) is 3.49. The van der Waals surface area contributed by atoms with Gasteiger partial charge in [0.05, 0.1) is 19.3 Å². The van der Waals surface area contributed by atoms with E-state index in [0.717, 1.165) is 31.7 Å². The molecule has 1 N–H and O–H groups in total. The highest BCUT2D eigenvalue weighted by Gasteiger charge is 2.16. The van der Waals surface area contributed by atoms with Crippen molar-refractivity contribution in [2.75, 3.05) is 46.4 Å². The lowest BCUT2D eigenvalue weighted by Gasteiger charge is -2.33. The number of β-amino-alcohol motifs (C(OH)–C–C–N with tert-alkyl or cyclic N) is 1. The maximum absolute atomic E-state index is 9.97. The fourth-order valence-electron chi connectivity index (χ4n) is 2.27. The van der Waals surface area contributed by atoms with Crippen molar-refractivity contribution in [1.29, 1.82) is 0 Å². The molecule has 1 saturated heterocycles. The van der Waals surface area contributed by atoms with Crippen LogP contribution in [0.4, 0.5) is 0 Å². The first-order chi connectivity index (χ1) is 9.24. The molecular weight excluding hydrogens is 311 g/mol. The first-order valence-electron chi connectivity index (χ1n) is 6.94. The Hall–Kier alpha value is -0.360. The smallest absolute Gasteiger partial charge is 0.0900 e. The van der Waals surface area contributed by atoms with Gasteiger partial charge in [0.2, 0.25) is 0 Å². The Kier molecular flexibility index (Phi) is 11.0. The van der Waals surface area contributed by atoms with Crippen molar-refractivity contribution in [2.45, 2.75) is 12.7 Å². The average molecular weight is 335 g/mol. The summed E-state index contributed by atoms with van der Waals surface area (Å²) in [6.45, 7) is 5.91. The molecule has 1 aromatic rings. The van der Waals surface area contributed by atoms with Crippen LogP contribution in [-0.4, -0.2) is 67.4 Å². The number of aliphatic hydroxyl groups is 1. The molecule has 0 saturated carbocycles. The van der Waals surface area contributed by atoms with E-state index in [9.17, 15) is 5.11 Å². The molecule has 21 heavy (non-hydrogen) atoms. The van der Waals surface area contributed by atoms with E-state index in [-0.39, 0.29) is 24.8 Å². The lowest BCUT2D eigenvalue weighted by molar-refractivity contribution is -0.001000. The molecule has 1 unspecified atom stereocenters. The molecule has 0 aliphatic carbocycles. The number of hydrogen-bond acceptors (Lipinski definition) is 4. The summed E-state index contributed by atoms with van der Waals surface area (Å²) in [5.74, 6) is 0. The predicted molar refractivity (Wildman–Crippen MR) is 76.0 cm³/mol. The second-order valence-electron chi connectivity index (χ2n) is 5.26. The summed E-state index contributed by atoms with van der Waals surface area (Å²) in [6.07, 6.45) is -0.396. The Labute approximate surface area is 139 Å². The normalized spacial score (nSPS) is 17.6. The highest BCUT2D eigenvalue weighted by atomic mass is 35.5. The van der Waals surface area contributed by atoms with E-state index in [4.69, 9.17) is 4.74 Å². The molecule has 1 fully saturated rings. The van der Waals surface area contributed by atoms with Crippen LogP contribution in [0.25, 0.3) is 0 Å². The van der Waals surface area contributed by atoms with Gasteiger partial charge >= 0.3 is 0 Å². The van der Waals surface area contributed by atoms with Crippen LogP contribution in [-0.2, 0) is 11.3 Å². The van der Waals surface area contributed by atoms with Crippen molar-refractivity contribution in [1.82, 2.24) is 9.80 Å². The van der Waals surface area contributed by atoms with E-state index >= 15 is 0 Å². The lowest BCUT2D eigenvalue weighted by Crippen LogP contribution is -3.00. The summed E-state index contributed by atoms with van der Waals surface area (Å²) in [5.41, 5.74) is 1.15. The first kappa shape index (κ1) is 20.6. The Morgan fingerprint density at radius 2 is 1.71 bits per heavy atom. The van der Waals surface area contributed by atoms with E-state index in [1.54, 1.807) is 0 Å². The van der Waals surface area contributed by atoms with Gasteiger partial charge in [0.15, 0.2) is 0 Å². The van der Waals surface area contributed by atoms with Crippen molar-refractivity contribution in [3.05, 3.63) is 35.9 Å². The topological polar surface area (TPSA) is 35.9 Å². The molecule has 0 radical (unpaired) electrons. The summed E-state index contributed by atoms with van der Waals surface area (Å²) in [5, 5.41) is 9.97. The minimum Gasteiger partial charge on any atom is -1.00 e. The third-order valence-electron chi connectivity index (χ3n) is 3.49. The molecule has 4 nitrogen and oxygen atoms in total. The molecule has 1 aliphatic heterocycles. The number of hydrogen-bond donors (Lipinski definition) is 1. The number of piperazine rings is 1. The zero-order chi connectivity index (χ0) is 13.5. The van der Waals surface area contributed by atoms with Crippen molar-refractivity contribution in [2.24, 2.45) is 0 Å². The average Bonchev–Trinajstić information content (AvgIpc) is 2.43. The highest BCUT2D eigenvalue weighted by Crippen LogP contribution is 2.03. The van der Waals surface area contributed by atoms with Crippen molar-refractivity contribution in [3.63, 3.8) is 0 Å². The predicted octanol–water partition coefficient (Wildman–Crippen LogP) is -5.18. The van der Waals surface area contributed by atoms with Gasteiger partial charge in [-0.25, -0.2) is 0 Å². The summed E-state index contributed by atoms with van der Waals surface area (Å²) in [7, 11) is 2.14. The maximum atomic E-state index is 9.97. The van der Waals surface area contributed by atoms with Crippen LogP contribution in [0.5, 0.6) is 0 Å². The maximum Gasteiger partial charge on any atom is 0.0900 e.